The first-order valence-corrected chi connectivity index (χ1v) is 4.87. The van der Waals surface area contributed by atoms with Gasteiger partial charge in [-0.15, -0.1) is 12.4 Å². The van der Waals surface area contributed by atoms with E-state index in [9.17, 15) is 0 Å². The number of hydrogen-bond acceptors (Lipinski definition) is 1. The third kappa shape index (κ3) is 1.40. The van der Waals surface area contributed by atoms with E-state index in [4.69, 9.17) is 0 Å². The molecule has 1 nitrogen and oxygen atoms in total. The first kappa shape index (κ1) is 8.58. The minimum Gasteiger partial charge on any atom is -0.311 e. The van der Waals surface area contributed by atoms with Crippen molar-refractivity contribution in [1.29, 1.82) is 0 Å². The molecular formula is C10H16ClN. The molecule has 0 amide bonds. The standard InChI is InChI=1S/C10H15N.ClH/c1-2-7(1)8-5-9-3-4-10(6-8)11-9;/h9-11H,1-6H2;1H. The van der Waals surface area contributed by atoms with Crippen molar-refractivity contribution in [1.82, 2.24) is 5.32 Å². The van der Waals surface area contributed by atoms with Crippen LogP contribution in [0.1, 0.15) is 38.5 Å². The first-order valence-electron chi connectivity index (χ1n) is 4.87. The van der Waals surface area contributed by atoms with Crippen LogP contribution in [-0.4, -0.2) is 12.1 Å². The smallest absolute Gasteiger partial charge is 0.0108 e. The van der Waals surface area contributed by atoms with Crippen molar-refractivity contribution < 1.29 is 0 Å². The van der Waals surface area contributed by atoms with Crippen molar-refractivity contribution in [3.63, 3.8) is 0 Å². The van der Waals surface area contributed by atoms with Gasteiger partial charge in [0.1, 0.15) is 0 Å². The zero-order valence-electron chi connectivity index (χ0n) is 7.31. The molecule has 1 aliphatic carbocycles. The molecule has 3 rings (SSSR count). The Bertz CT molecular complexity index is 202. The molecule has 2 atom stereocenters. The van der Waals surface area contributed by atoms with Gasteiger partial charge >= 0.3 is 0 Å². The lowest BCUT2D eigenvalue weighted by molar-refractivity contribution is 0.473. The van der Waals surface area contributed by atoms with Crippen LogP contribution in [0.3, 0.4) is 0 Å². The molecular weight excluding hydrogens is 170 g/mol. The number of allylic oxidation sites excluding steroid dienone is 1. The molecule has 2 unspecified atom stereocenters. The fourth-order valence-electron chi connectivity index (χ4n) is 2.61. The minimum absolute atomic E-state index is 0. The van der Waals surface area contributed by atoms with Crippen LogP contribution in [0.25, 0.3) is 0 Å². The molecule has 2 aliphatic heterocycles. The van der Waals surface area contributed by atoms with Crippen LogP contribution >= 0.6 is 12.4 Å². The molecule has 3 aliphatic rings. The molecule has 2 bridgehead atoms. The second-order valence-corrected chi connectivity index (χ2v) is 4.25. The zero-order valence-corrected chi connectivity index (χ0v) is 8.12. The van der Waals surface area contributed by atoms with Gasteiger partial charge in [0.05, 0.1) is 0 Å². The highest BCUT2D eigenvalue weighted by molar-refractivity contribution is 5.85. The lowest BCUT2D eigenvalue weighted by Gasteiger charge is -2.23. The van der Waals surface area contributed by atoms with Crippen molar-refractivity contribution >= 4 is 12.4 Å². The monoisotopic (exact) mass is 185 g/mol. The highest BCUT2D eigenvalue weighted by Crippen LogP contribution is 2.40. The fourth-order valence-corrected chi connectivity index (χ4v) is 2.61. The summed E-state index contributed by atoms with van der Waals surface area (Å²) in [5, 5.41) is 3.67. The summed E-state index contributed by atoms with van der Waals surface area (Å²) in [5.41, 5.74) is 3.64. The average molecular weight is 186 g/mol. The Morgan fingerprint density at radius 3 is 2.00 bits per heavy atom. The van der Waals surface area contributed by atoms with Crippen molar-refractivity contribution in [3.05, 3.63) is 11.1 Å². The van der Waals surface area contributed by atoms with Gasteiger partial charge in [0.25, 0.3) is 0 Å². The topological polar surface area (TPSA) is 12.0 Å². The highest BCUT2D eigenvalue weighted by Gasteiger charge is 2.32. The van der Waals surface area contributed by atoms with Crippen LogP contribution in [-0.2, 0) is 0 Å². The molecule has 3 fully saturated rings. The predicted octanol–water partition coefficient (Wildman–Crippen LogP) is 2.41. The van der Waals surface area contributed by atoms with Gasteiger partial charge in [0.2, 0.25) is 0 Å². The summed E-state index contributed by atoms with van der Waals surface area (Å²) in [7, 11) is 0. The Kier molecular flexibility index (Phi) is 2.18. The Labute approximate surface area is 80.0 Å². The summed E-state index contributed by atoms with van der Waals surface area (Å²) in [5.74, 6) is 0. The molecule has 2 heterocycles. The molecule has 0 radical (unpaired) electrons. The summed E-state index contributed by atoms with van der Waals surface area (Å²) in [6.45, 7) is 0. The Hall–Kier alpha value is -0.0100. The maximum atomic E-state index is 3.67. The first-order chi connectivity index (χ1) is 5.42. The van der Waals surface area contributed by atoms with Gasteiger partial charge in [0, 0.05) is 12.1 Å². The number of halogens is 1. The van der Waals surface area contributed by atoms with Gasteiger partial charge < -0.3 is 5.32 Å². The summed E-state index contributed by atoms with van der Waals surface area (Å²) in [6, 6.07) is 1.72. The maximum absolute atomic E-state index is 3.67. The number of nitrogens with one attached hydrogen (secondary N) is 1. The van der Waals surface area contributed by atoms with Crippen molar-refractivity contribution in [2.24, 2.45) is 0 Å². The molecule has 2 heteroatoms. The molecule has 0 aromatic heterocycles. The number of fused-ring (bicyclic) bond motifs is 2. The van der Waals surface area contributed by atoms with E-state index < -0.39 is 0 Å². The molecule has 0 spiro atoms. The third-order valence-corrected chi connectivity index (χ3v) is 3.32. The van der Waals surface area contributed by atoms with Gasteiger partial charge in [-0.3, -0.25) is 0 Å². The van der Waals surface area contributed by atoms with E-state index in [-0.39, 0.29) is 12.4 Å². The zero-order chi connectivity index (χ0) is 7.26. The Balaban J connectivity index is 0.000000563. The summed E-state index contributed by atoms with van der Waals surface area (Å²) < 4.78 is 0. The van der Waals surface area contributed by atoms with Crippen LogP contribution in [0.15, 0.2) is 11.1 Å². The van der Waals surface area contributed by atoms with Gasteiger partial charge in [0.15, 0.2) is 0 Å². The molecule has 1 N–H and O–H groups in total. The average Bonchev–Trinajstić information content (AvgIpc) is 2.79. The van der Waals surface area contributed by atoms with Crippen LogP contribution in [0.5, 0.6) is 0 Å². The van der Waals surface area contributed by atoms with E-state index in [1.54, 1.807) is 0 Å². The Morgan fingerprint density at radius 1 is 0.917 bits per heavy atom. The molecule has 68 valence electrons. The molecule has 1 saturated carbocycles. The van der Waals surface area contributed by atoms with E-state index in [1.807, 2.05) is 11.1 Å². The molecule has 0 aromatic carbocycles. The SMILES string of the molecule is C1CC1=C1CC2CCC(C1)N2.Cl. The Morgan fingerprint density at radius 2 is 1.50 bits per heavy atom. The second-order valence-electron chi connectivity index (χ2n) is 4.25. The largest absolute Gasteiger partial charge is 0.311 e. The van der Waals surface area contributed by atoms with E-state index in [0.29, 0.717) is 0 Å². The number of rotatable bonds is 0. The molecule has 12 heavy (non-hydrogen) atoms. The quantitative estimate of drug-likeness (QED) is 0.572. The second kappa shape index (κ2) is 3.04. The predicted molar refractivity (Wildman–Crippen MR) is 52.7 cm³/mol. The van der Waals surface area contributed by atoms with E-state index in [0.717, 1.165) is 12.1 Å². The third-order valence-electron chi connectivity index (χ3n) is 3.32. The normalized spacial score (nSPS) is 38.0. The lowest BCUT2D eigenvalue weighted by atomic mass is 9.98. The van der Waals surface area contributed by atoms with E-state index in [1.165, 1.54) is 38.5 Å². The van der Waals surface area contributed by atoms with E-state index >= 15 is 0 Å². The van der Waals surface area contributed by atoms with Crippen LogP contribution in [0.2, 0.25) is 0 Å². The van der Waals surface area contributed by atoms with Crippen molar-refractivity contribution in [2.45, 2.75) is 50.6 Å². The minimum atomic E-state index is 0. The maximum Gasteiger partial charge on any atom is 0.0108 e. The summed E-state index contributed by atoms with van der Waals surface area (Å²) in [4.78, 5) is 0. The highest BCUT2D eigenvalue weighted by atomic mass is 35.5. The summed E-state index contributed by atoms with van der Waals surface area (Å²) >= 11 is 0. The van der Waals surface area contributed by atoms with Crippen LogP contribution in [0, 0.1) is 0 Å². The van der Waals surface area contributed by atoms with Gasteiger partial charge in [-0.25, -0.2) is 0 Å². The molecule has 2 saturated heterocycles. The van der Waals surface area contributed by atoms with Crippen LogP contribution < -0.4 is 5.32 Å². The number of piperidine rings is 1. The van der Waals surface area contributed by atoms with Crippen LogP contribution in [0.4, 0.5) is 0 Å². The van der Waals surface area contributed by atoms with Gasteiger partial charge in [-0.2, -0.15) is 0 Å². The van der Waals surface area contributed by atoms with Gasteiger partial charge in [-0.1, -0.05) is 11.1 Å². The van der Waals surface area contributed by atoms with Crippen molar-refractivity contribution in [2.75, 3.05) is 0 Å². The van der Waals surface area contributed by atoms with E-state index in [2.05, 4.69) is 5.32 Å². The van der Waals surface area contributed by atoms with Crippen molar-refractivity contribution in [3.8, 4) is 0 Å². The lowest BCUT2D eigenvalue weighted by Crippen LogP contribution is -2.34. The van der Waals surface area contributed by atoms with Gasteiger partial charge in [-0.05, 0) is 38.5 Å². The summed E-state index contributed by atoms with van der Waals surface area (Å²) in [6.07, 6.45) is 8.48. The number of hydrogen-bond donors (Lipinski definition) is 1. The molecule has 0 aromatic rings. The fraction of sp³-hybridized carbons (Fsp3) is 0.800.